The van der Waals surface area contributed by atoms with E-state index in [1.165, 1.54) is 0 Å². The zero-order chi connectivity index (χ0) is 12.4. The quantitative estimate of drug-likeness (QED) is 0.290. The number of carboxylic acids is 3. The summed E-state index contributed by atoms with van der Waals surface area (Å²) in [6.45, 7) is 0. The maximum absolute atomic E-state index is 10.5. The fraction of sp³-hybridized carbons (Fsp3) is 0.167. The Labute approximate surface area is 227 Å². The first-order valence-corrected chi connectivity index (χ1v) is 3.11. The summed E-state index contributed by atoms with van der Waals surface area (Å²) < 4.78 is 0. The van der Waals surface area contributed by atoms with E-state index in [-0.39, 0.29) is 154 Å². The summed E-state index contributed by atoms with van der Waals surface area (Å²) in [5.41, 5.74) is -4.34. The average molecular weight is 334 g/mol. The summed E-state index contributed by atoms with van der Waals surface area (Å²) in [5.74, 6) is -13.7. The molecule has 0 aromatic heterocycles. The first-order chi connectivity index (χ1) is 6.65. The summed E-state index contributed by atoms with van der Waals surface area (Å²) in [6, 6.07) is 0. The van der Waals surface area contributed by atoms with Gasteiger partial charge in [-0.25, -0.2) is 0 Å². The number of aliphatic carboxylic acids is 3. The van der Waals surface area contributed by atoms with Gasteiger partial charge in [-0.15, -0.1) is 0 Å². The molecule has 1 N–H and O–H groups in total. The third kappa shape index (κ3) is 7.06. The van der Waals surface area contributed by atoms with Gasteiger partial charge in [0.1, 0.15) is 11.9 Å². The molecule has 0 bridgehead atoms. The first-order valence-electron chi connectivity index (χ1n) is 3.11. The fourth-order valence-electron chi connectivity index (χ4n) is 0.584. The number of hydrogen-bond acceptors (Lipinski definition) is 9. The van der Waals surface area contributed by atoms with E-state index in [9.17, 15) is 39.3 Å². The van der Waals surface area contributed by atoms with Crippen LogP contribution in [0.5, 0.6) is 0 Å². The SMILES string of the molecule is O=C([O-])C(=O)C(O)(C(=O)[O-])C(=O)C(=O)[O-].[K+].[K+].[K+]. The van der Waals surface area contributed by atoms with Crippen LogP contribution in [0, 0.1) is 0 Å². The van der Waals surface area contributed by atoms with E-state index in [0.29, 0.717) is 0 Å². The largest absolute Gasteiger partial charge is 1.00 e. The Morgan fingerprint density at radius 2 is 0.944 bits per heavy atom. The Hall–Kier alpha value is 2.62. The maximum Gasteiger partial charge on any atom is 1.00 e. The van der Waals surface area contributed by atoms with E-state index in [1.807, 2.05) is 0 Å². The molecular formula is C6HK3O9. The number of carboxylic acid groups (broad SMARTS) is 3. The molecule has 9 nitrogen and oxygen atoms in total. The van der Waals surface area contributed by atoms with Crippen LogP contribution in [-0.4, -0.2) is 40.2 Å². The monoisotopic (exact) mass is 334 g/mol. The van der Waals surface area contributed by atoms with Crippen molar-refractivity contribution in [2.45, 2.75) is 5.60 Å². The Kier molecular flexibility index (Phi) is 19.5. The molecule has 0 aliphatic rings. The third-order valence-corrected chi connectivity index (χ3v) is 1.32. The molecule has 0 spiro atoms. The molecule has 0 aromatic carbocycles. The van der Waals surface area contributed by atoms with Crippen molar-refractivity contribution in [1.82, 2.24) is 0 Å². The second-order valence-corrected chi connectivity index (χ2v) is 2.23. The van der Waals surface area contributed by atoms with Gasteiger partial charge in [0.25, 0.3) is 0 Å². The molecule has 0 radical (unpaired) electrons. The number of aliphatic hydroxyl groups is 1. The molecule has 0 rings (SSSR count). The van der Waals surface area contributed by atoms with Crippen LogP contribution >= 0.6 is 0 Å². The van der Waals surface area contributed by atoms with Crippen LogP contribution in [0.1, 0.15) is 0 Å². The van der Waals surface area contributed by atoms with Crippen molar-refractivity contribution in [2.75, 3.05) is 0 Å². The fourth-order valence-corrected chi connectivity index (χ4v) is 0.584. The van der Waals surface area contributed by atoms with Gasteiger partial charge < -0.3 is 34.8 Å². The molecular weight excluding hydrogens is 333 g/mol. The molecule has 0 aliphatic heterocycles. The standard InChI is InChI=1S/C6H4O9.3K/c7-1(3(9)10)6(15,5(13)14)2(8)4(11)12;;;/h15H,(H,9,10)(H,11,12)(H,13,14);;;/q;3*+1/p-3. The molecule has 12 heteroatoms. The second-order valence-electron chi connectivity index (χ2n) is 2.23. The van der Waals surface area contributed by atoms with Gasteiger partial charge in [-0.05, 0) is 0 Å². The Bertz CT molecular complexity index is 350. The van der Waals surface area contributed by atoms with Gasteiger partial charge in [-0.2, -0.15) is 0 Å². The van der Waals surface area contributed by atoms with Gasteiger partial charge in [-0.1, -0.05) is 0 Å². The van der Waals surface area contributed by atoms with Crippen molar-refractivity contribution in [1.29, 1.82) is 0 Å². The van der Waals surface area contributed by atoms with Crippen molar-refractivity contribution in [3.8, 4) is 0 Å². The Morgan fingerprint density at radius 1 is 0.722 bits per heavy atom. The second kappa shape index (κ2) is 12.2. The molecule has 0 fully saturated rings. The summed E-state index contributed by atoms with van der Waals surface area (Å²) >= 11 is 0. The van der Waals surface area contributed by atoms with Crippen molar-refractivity contribution in [3.63, 3.8) is 0 Å². The number of carbonyl (C=O) groups excluding carboxylic acids is 5. The summed E-state index contributed by atoms with van der Waals surface area (Å²) in [5, 5.41) is 38.7. The predicted octanol–water partition coefficient (Wildman–Crippen LogP) is -15.9. The number of rotatable bonds is 5. The Balaban J connectivity index is -0.000000327. The van der Waals surface area contributed by atoms with Crippen molar-refractivity contribution in [2.24, 2.45) is 0 Å². The maximum atomic E-state index is 10.5. The first kappa shape index (κ1) is 28.7. The van der Waals surface area contributed by atoms with Crippen LogP contribution < -0.4 is 169 Å². The normalized spacial score (nSPS) is 8.72. The van der Waals surface area contributed by atoms with E-state index in [0.717, 1.165) is 0 Å². The molecule has 0 saturated heterocycles. The van der Waals surface area contributed by atoms with Crippen molar-refractivity contribution in [3.05, 3.63) is 0 Å². The van der Waals surface area contributed by atoms with Crippen LogP contribution in [0.2, 0.25) is 0 Å². The minimum Gasteiger partial charge on any atom is -0.546 e. The molecule has 0 unspecified atom stereocenters. The van der Waals surface area contributed by atoms with E-state index in [1.54, 1.807) is 0 Å². The van der Waals surface area contributed by atoms with Crippen LogP contribution in [0.4, 0.5) is 0 Å². The summed E-state index contributed by atoms with van der Waals surface area (Å²) in [4.78, 5) is 50.9. The van der Waals surface area contributed by atoms with Crippen LogP contribution in [-0.2, 0) is 24.0 Å². The van der Waals surface area contributed by atoms with E-state index >= 15 is 0 Å². The van der Waals surface area contributed by atoms with E-state index in [4.69, 9.17) is 5.11 Å². The molecule has 0 atom stereocenters. The number of ketones is 2. The topological polar surface area (TPSA) is 175 Å². The van der Waals surface area contributed by atoms with Gasteiger partial charge in [0.05, 0.1) is 5.97 Å². The smallest absolute Gasteiger partial charge is 0.546 e. The molecule has 0 heterocycles. The van der Waals surface area contributed by atoms with Gasteiger partial charge in [0, 0.05) is 0 Å². The third-order valence-electron chi connectivity index (χ3n) is 1.32. The Morgan fingerprint density at radius 3 is 1.06 bits per heavy atom. The van der Waals surface area contributed by atoms with Gasteiger partial charge in [0.15, 0.2) is 0 Å². The minimum absolute atomic E-state index is 0. The molecule has 0 saturated carbocycles. The number of Topliss-reactive ketones (excluding diaryl/α,β-unsaturated/α-hetero) is 2. The van der Waals surface area contributed by atoms with E-state index < -0.39 is 35.1 Å². The van der Waals surface area contributed by atoms with Crippen molar-refractivity contribution < 1.29 is 199 Å². The number of hydrogen-bond donors (Lipinski definition) is 1. The van der Waals surface area contributed by atoms with Crippen LogP contribution in [0.15, 0.2) is 0 Å². The van der Waals surface area contributed by atoms with Crippen LogP contribution in [0.25, 0.3) is 0 Å². The molecule has 0 aliphatic carbocycles. The average Bonchev–Trinajstić information content (AvgIpc) is 2.13. The minimum atomic E-state index is -4.34. The molecule has 18 heavy (non-hydrogen) atoms. The van der Waals surface area contributed by atoms with Gasteiger partial charge >= 0.3 is 154 Å². The zero-order valence-electron chi connectivity index (χ0n) is 9.71. The molecule has 0 amide bonds. The molecule has 82 valence electrons. The van der Waals surface area contributed by atoms with Crippen molar-refractivity contribution >= 4 is 29.5 Å². The summed E-state index contributed by atoms with van der Waals surface area (Å²) in [7, 11) is 0. The zero-order valence-corrected chi connectivity index (χ0v) is 19.1. The molecule has 0 aromatic rings. The van der Waals surface area contributed by atoms with Crippen LogP contribution in [0.3, 0.4) is 0 Å². The van der Waals surface area contributed by atoms with E-state index in [2.05, 4.69) is 0 Å². The predicted molar refractivity (Wildman–Crippen MR) is 30.0 cm³/mol. The summed E-state index contributed by atoms with van der Waals surface area (Å²) in [6.07, 6.45) is 0. The number of carbonyl (C=O) groups is 5. The van der Waals surface area contributed by atoms with Gasteiger partial charge in [-0.3, -0.25) is 9.59 Å². The van der Waals surface area contributed by atoms with Gasteiger partial charge in [0.2, 0.25) is 17.2 Å².